The van der Waals surface area contributed by atoms with Crippen LogP contribution in [0.2, 0.25) is 0 Å². The number of hydrogen-bond donors (Lipinski definition) is 1. The van der Waals surface area contributed by atoms with Gasteiger partial charge in [0, 0.05) is 19.3 Å². The van der Waals surface area contributed by atoms with Crippen LogP contribution in [0.3, 0.4) is 0 Å². The number of sulfonamides is 1. The summed E-state index contributed by atoms with van der Waals surface area (Å²) in [6, 6.07) is 7.58. The molecular formula is C21H31N5O3S. The van der Waals surface area contributed by atoms with Crippen LogP contribution >= 0.6 is 0 Å². The predicted octanol–water partition coefficient (Wildman–Crippen LogP) is 2.41. The van der Waals surface area contributed by atoms with E-state index < -0.39 is 16.1 Å². The number of hydrogen-bond acceptors (Lipinski definition) is 5. The lowest BCUT2D eigenvalue weighted by Crippen LogP contribution is -2.49. The van der Waals surface area contributed by atoms with Crippen molar-refractivity contribution in [2.75, 3.05) is 31.5 Å². The Kier molecular flexibility index (Phi) is 7.63. The Morgan fingerprint density at radius 1 is 1.20 bits per heavy atom. The molecule has 1 aromatic carbocycles. The number of rotatable bonds is 9. The van der Waals surface area contributed by atoms with Gasteiger partial charge in [0.1, 0.15) is 6.04 Å². The van der Waals surface area contributed by atoms with E-state index in [-0.39, 0.29) is 10.8 Å². The molecule has 2 aromatic rings. The van der Waals surface area contributed by atoms with E-state index in [0.29, 0.717) is 18.7 Å². The maximum atomic E-state index is 13.1. The standard InChI is InChI=1S/C21H31N5O3S/c1-3-24(4-2)14-15-25-17-18(16-22-25)23-21(27)20-12-8-9-13-26(20)30(28,29)19-10-6-5-7-11-19/h5-7,10-11,16-17,20H,3-4,8-9,12-15H2,1-2H3,(H,23,27). The minimum Gasteiger partial charge on any atom is -0.322 e. The van der Waals surface area contributed by atoms with Crippen molar-refractivity contribution in [2.45, 2.75) is 50.6 Å². The lowest BCUT2D eigenvalue weighted by Gasteiger charge is -2.33. The fraction of sp³-hybridized carbons (Fsp3) is 0.524. The van der Waals surface area contributed by atoms with Gasteiger partial charge in [0.2, 0.25) is 15.9 Å². The highest BCUT2D eigenvalue weighted by Gasteiger charge is 2.37. The van der Waals surface area contributed by atoms with Gasteiger partial charge in [-0.3, -0.25) is 9.48 Å². The highest BCUT2D eigenvalue weighted by molar-refractivity contribution is 7.89. The van der Waals surface area contributed by atoms with Crippen LogP contribution in [0.5, 0.6) is 0 Å². The van der Waals surface area contributed by atoms with E-state index in [1.807, 2.05) is 0 Å². The van der Waals surface area contributed by atoms with Crippen LogP contribution in [-0.2, 0) is 21.4 Å². The Bertz CT molecular complexity index is 925. The Morgan fingerprint density at radius 2 is 1.93 bits per heavy atom. The number of aromatic nitrogens is 2. The molecule has 1 atom stereocenters. The summed E-state index contributed by atoms with van der Waals surface area (Å²) in [6.07, 6.45) is 5.48. The second kappa shape index (κ2) is 10.2. The number of amides is 1. The smallest absolute Gasteiger partial charge is 0.243 e. The van der Waals surface area contributed by atoms with Crippen LogP contribution in [0.15, 0.2) is 47.6 Å². The van der Waals surface area contributed by atoms with Gasteiger partial charge in [0.05, 0.1) is 23.3 Å². The van der Waals surface area contributed by atoms with Gasteiger partial charge in [-0.1, -0.05) is 38.5 Å². The zero-order valence-electron chi connectivity index (χ0n) is 17.7. The van der Waals surface area contributed by atoms with Gasteiger partial charge in [-0.05, 0) is 38.1 Å². The summed E-state index contributed by atoms with van der Waals surface area (Å²) >= 11 is 0. The SMILES string of the molecule is CCN(CC)CCn1cc(NC(=O)C2CCCCN2S(=O)(=O)c2ccccc2)cn1. The first-order chi connectivity index (χ1) is 14.5. The molecule has 9 heteroatoms. The number of piperidine rings is 1. The van der Waals surface area contributed by atoms with Crippen molar-refractivity contribution in [3.05, 3.63) is 42.7 Å². The molecule has 0 spiro atoms. The summed E-state index contributed by atoms with van der Waals surface area (Å²) < 4.78 is 29.3. The third-order valence-electron chi connectivity index (χ3n) is 5.55. The Morgan fingerprint density at radius 3 is 2.63 bits per heavy atom. The molecule has 0 radical (unpaired) electrons. The average Bonchev–Trinajstić information content (AvgIpc) is 3.22. The maximum absolute atomic E-state index is 13.1. The van der Waals surface area contributed by atoms with Crippen molar-refractivity contribution in [3.8, 4) is 0 Å². The second-order valence-corrected chi connectivity index (χ2v) is 9.34. The highest BCUT2D eigenvalue weighted by atomic mass is 32.2. The summed E-state index contributed by atoms with van der Waals surface area (Å²) in [5.41, 5.74) is 0.585. The van der Waals surface area contributed by atoms with Crippen LogP contribution in [0, 0.1) is 0 Å². The number of carbonyl (C=O) groups excluding carboxylic acids is 1. The van der Waals surface area contributed by atoms with E-state index in [1.165, 1.54) is 4.31 Å². The number of nitrogens with zero attached hydrogens (tertiary/aromatic N) is 4. The van der Waals surface area contributed by atoms with E-state index in [9.17, 15) is 13.2 Å². The summed E-state index contributed by atoms with van der Waals surface area (Å²) in [5.74, 6) is -0.308. The monoisotopic (exact) mass is 433 g/mol. The van der Waals surface area contributed by atoms with Gasteiger partial charge in [0.15, 0.2) is 0 Å². The summed E-state index contributed by atoms with van der Waals surface area (Å²) in [6.45, 7) is 8.17. The van der Waals surface area contributed by atoms with Gasteiger partial charge in [0.25, 0.3) is 0 Å². The summed E-state index contributed by atoms with van der Waals surface area (Å²) in [7, 11) is -3.72. The fourth-order valence-electron chi connectivity index (χ4n) is 3.74. The summed E-state index contributed by atoms with van der Waals surface area (Å²) in [5, 5.41) is 7.17. The molecule has 1 saturated heterocycles. The quantitative estimate of drug-likeness (QED) is 0.656. The van der Waals surface area contributed by atoms with Crippen LogP contribution in [0.1, 0.15) is 33.1 Å². The van der Waals surface area contributed by atoms with E-state index in [1.54, 1.807) is 47.4 Å². The third-order valence-corrected chi connectivity index (χ3v) is 7.47. The molecule has 1 amide bonds. The van der Waals surface area contributed by atoms with Crippen LogP contribution < -0.4 is 5.32 Å². The number of benzene rings is 1. The molecule has 1 aromatic heterocycles. The molecule has 0 bridgehead atoms. The van der Waals surface area contributed by atoms with E-state index in [0.717, 1.165) is 39.0 Å². The Labute approximate surface area is 178 Å². The fourth-order valence-corrected chi connectivity index (χ4v) is 5.42. The van der Waals surface area contributed by atoms with Crippen molar-refractivity contribution in [3.63, 3.8) is 0 Å². The van der Waals surface area contributed by atoms with E-state index >= 15 is 0 Å². The van der Waals surface area contributed by atoms with Crippen molar-refractivity contribution in [1.29, 1.82) is 0 Å². The molecule has 164 valence electrons. The lowest BCUT2D eigenvalue weighted by atomic mass is 10.0. The molecule has 8 nitrogen and oxygen atoms in total. The summed E-state index contributed by atoms with van der Waals surface area (Å²) in [4.78, 5) is 15.5. The first kappa shape index (κ1) is 22.5. The average molecular weight is 434 g/mol. The topological polar surface area (TPSA) is 87.5 Å². The number of carbonyl (C=O) groups is 1. The van der Waals surface area contributed by atoms with E-state index in [2.05, 4.69) is 29.2 Å². The molecule has 0 saturated carbocycles. The molecular weight excluding hydrogens is 402 g/mol. The normalized spacial score (nSPS) is 17.9. The third kappa shape index (κ3) is 5.27. The van der Waals surface area contributed by atoms with Crippen LogP contribution in [0.4, 0.5) is 5.69 Å². The number of nitrogens with one attached hydrogen (secondary N) is 1. The lowest BCUT2D eigenvalue weighted by molar-refractivity contribution is -0.120. The van der Waals surface area contributed by atoms with Crippen molar-refractivity contribution in [2.24, 2.45) is 0 Å². The second-order valence-electron chi connectivity index (χ2n) is 7.45. The van der Waals surface area contributed by atoms with Crippen molar-refractivity contribution < 1.29 is 13.2 Å². The molecule has 1 N–H and O–H groups in total. The Hall–Kier alpha value is -2.23. The van der Waals surface area contributed by atoms with Crippen molar-refractivity contribution >= 4 is 21.6 Å². The van der Waals surface area contributed by atoms with Gasteiger partial charge in [-0.2, -0.15) is 9.40 Å². The van der Waals surface area contributed by atoms with Gasteiger partial charge < -0.3 is 10.2 Å². The number of likely N-dealkylation sites (N-methyl/N-ethyl adjacent to an activating group) is 1. The van der Waals surface area contributed by atoms with Crippen molar-refractivity contribution in [1.82, 2.24) is 19.0 Å². The maximum Gasteiger partial charge on any atom is 0.243 e. The highest BCUT2D eigenvalue weighted by Crippen LogP contribution is 2.26. The molecule has 1 aliphatic rings. The Balaban J connectivity index is 1.68. The predicted molar refractivity (Wildman–Crippen MR) is 117 cm³/mol. The molecule has 0 aliphatic carbocycles. The first-order valence-electron chi connectivity index (χ1n) is 10.6. The van der Waals surface area contributed by atoms with E-state index in [4.69, 9.17) is 0 Å². The first-order valence-corrected chi connectivity index (χ1v) is 12.0. The molecule has 1 unspecified atom stereocenters. The van der Waals surface area contributed by atoms with Gasteiger partial charge >= 0.3 is 0 Å². The largest absolute Gasteiger partial charge is 0.322 e. The zero-order valence-corrected chi connectivity index (χ0v) is 18.5. The molecule has 1 aliphatic heterocycles. The van der Waals surface area contributed by atoms with Gasteiger partial charge in [-0.15, -0.1) is 0 Å². The molecule has 2 heterocycles. The molecule has 30 heavy (non-hydrogen) atoms. The van der Waals surface area contributed by atoms with Crippen LogP contribution in [0.25, 0.3) is 0 Å². The molecule has 1 fully saturated rings. The molecule has 3 rings (SSSR count). The van der Waals surface area contributed by atoms with Crippen LogP contribution in [-0.4, -0.2) is 65.5 Å². The number of anilines is 1. The van der Waals surface area contributed by atoms with Gasteiger partial charge in [-0.25, -0.2) is 8.42 Å². The zero-order chi connectivity index (χ0) is 21.6. The minimum absolute atomic E-state index is 0.217. The minimum atomic E-state index is -3.72.